The lowest BCUT2D eigenvalue weighted by Crippen LogP contribution is -2.43. The average Bonchev–Trinajstić information content (AvgIpc) is 2.74. The van der Waals surface area contributed by atoms with Crippen LogP contribution in [0.3, 0.4) is 0 Å². The Labute approximate surface area is 120 Å². The van der Waals surface area contributed by atoms with E-state index in [0.717, 1.165) is 25.2 Å². The van der Waals surface area contributed by atoms with E-state index in [2.05, 4.69) is 13.0 Å². The van der Waals surface area contributed by atoms with Crippen molar-refractivity contribution < 1.29 is 10.2 Å². The average molecular weight is 275 g/mol. The van der Waals surface area contributed by atoms with Crippen LogP contribution in [0.5, 0.6) is 5.75 Å². The van der Waals surface area contributed by atoms with Crippen molar-refractivity contribution in [1.29, 1.82) is 0 Å². The van der Waals surface area contributed by atoms with Crippen LogP contribution in [0.25, 0.3) is 0 Å². The van der Waals surface area contributed by atoms with Gasteiger partial charge in [0.05, 0.1) is 6.10 Å². The summed E-state index contributed by atoms with van der Waals surface area (Å²) < 4.78 is 0. The number of phenols is 1. The molecule has 2 heteroatoms. The van der Waals surface area contributed by atoms with Gasteiger partial charge < -0.3 is 10.2 Å². The topological polar surface area (TPSA) is 40.5 Å². The van der Waals surface area contributed by atoms with Crippen LogP contribution in [0.15, 0.2) is 18.2 Å². The Bertz CT molecular complexity index is 538. The maximum Gasteiger partial charge on any atom is 0.115 e. The summed E-state index contributed by atoms with van der Waals surface area (Å²) in [7, 11) is 0. The first-order chi connectivity index (χ1) is 9.59. The minimum atomic E-state index is -0.0883. The zero-order valence-electron chi connectivity index (χ0n) is 12.2. The highest BCUT2D eigenvalue weighted by molar-refractivity contribution is 5.40. The van der Waals surface area contributed by atoms with Gasteiger partial charge in [-0.1, -0.05) is 13.0 Å². The summed E-state index contributed by atoms with van der Waals surface area (Å²) in [6.45, 7) is 2.32. The zero-order valence-corrected chi connectivity index (χ0v) is 12.2. The van der Waals surface area contributed by atoms with Gasteiger partial charge in [0.15, 0.2) is 0 Å². The van der Waals surface area contributed by atoms with Crippen molar-refractivity contribution in [2.75, 3.05) is 0 Å². The van der Waals surface area contributed by atoms with Gasteiger partial charge in [-0.15, -0.1) is 0 Å². The summed E-state index contributed by atoms with van der Waals surface area (Å²) in [5.74, 6) is 2.49. The molecule has 1 aromatic rings. The molecule has 108 valence electrons. The maximum absolute atomic E-state index is 10.4. The molecule has 3 aliphatic carbocycles. The van der Waals surface area contributed by atoms with Crippen LogP contribution in [-0.4, -0.2) is 16.3 Å². The molecule has 2 nitrogen and oxygen atoms in total. The predicted octanol–water partition coefficient (Wildman–Crippen LogP) is 3.61. The van der Waals surface area contributed by atoms with Gasteiger partial charge in [-0.25, -0.2) is 0 Å². The lowest BCUT2D eigenvalue weighted by Gasteiger charge is -2.50. The van der Waals surface area contributed by atoms with Crippen LogP contribution in [0.4, 0.5) is 0 Å². The van der Waals surface area contributed by atoms with Crippen molar-refractivity contribution in [3.8, 4) is 5.75 Å². The number of hydrogen-bond donors (Lipinski definition) is 2. The maximum atomic E-state index is 10.4. The van der Waals surface area contributed by atoms with Gasteiger partial charge in [0.25, 0.3) is 0 Å². The number of phenolic OH excluding ortho intramolecular Hbond substituents is 1. The fraction of sp³-hybridized carbons (Fsp3) is 0.667. The number of fused-ring (bicyclic) bond motifs is 5. The fourth-order valence-electron chi connectivity index (χ4n) is 5.54. The fourth-order valence-corrected chi connectivity index (χ4v) is 5.54. The summed E-state index contributed by atoms with van der Waals surface area (Å²) in [5.41, 5.74) is 2.99. The molecule has 0 saturated heterocycles. The lowest BCUT2D eigenvalue weighted by atomic mass is 9.56. The molecule has 0 radical (unpaired) electrons. The van der Waals surface area contributed by atoms with Crippen LogP contribution in [0.2, 0.25) is 0 Å². The highest BCUT2D eigenvalue weighted by Gasteiger charge is 2.54. The largest absolute Gasteiger partial charge is 0.508 e. The molecule has 0 amide bonds. The molecule has 0 bridgehead atoms. The first-order valence-corrected chi connectivity index (χ1v) is 8.09. The quantitative estimate of drug-likeness (QED) is 0.759. The Hall–Kier alpha value is -1.02. The van der Waals surface area contributed by atoms with Gasteiger partial charge in [0.1, 0.15) is 5.75 Å². The van der Waals surface area contributed by atoms with Crippen molar-refractivity contribution >= 4 is 0 Å². The highest BCUT2D eigenvalue weighted by Crippen LogP contribution is 2.60. The molecule has 2 N–H and O–H groups in total. The van der Waals surface area contributed by atoms with Gasteiger partial charge >= 0.3 is 0 Å². The van der Waals surface area contributed by atoms with Crippen LogP contribution in [-0.2, 0) is 6.42 Å². The number of aryl methyl sites for hydroxylation is 1. The standard InChI is InChI=1S/C18H24O2/c1-18-9-8-14-13-5-3-12(19)10-11(13)2-4-15(14)16(18)6-7-17(18)20/h3,5,10,14-17,19-20H,2,4,6-9H2,1H3/t14-,15-,16+,17+,18+/m1/s1/i3+1,5+1,12+1. The second-order valence-electron chi connectivity index (χ2n) is 7.44. The minimum Gasteiger partial charge on any atom is -0.508 e. The third-order valence-electron chi connectivity index (χ3n) is 6.66. The van der Waals surface area contributed by atoms with E-state index in [1.807, 2.05) is 12.1 Å². The van der Waals surface area contributed by atoms with Crippen molar-refractivity contribution in [2.24, 2.45) is 17.3 Å². The molecule has 0 heterocycles. The second-order valence-corrected chi connectivity index (χ2v) is 7.44. The van der Waals surface area contributed by atoms with E-state index in [0.29, 0.717) is 17.6 Å². The van der Waals surface area contributed by atoms with Gasteiger partial charge in [-0.3, -0.25) is 0 Å². The van der Waals surface area contributed by atoms with Crippen molar-refractivity contribution in [2.45, 2.75) is 57.5 Å². The Morgan fingerprint density at radius 2 is 2.00 bits per heavy atom. The molecule has 5 atom stereocenters. The number of aromatic hydroxyl groups is 1. The van der Waals surface area contributed by atoms with Crippen molar-refractivity contribution in [3.63, 3.8) is 0 Å². The molecular formula is C18H24O2. The number of aliphatic hydroxyl groups is 1. The zero-order chi connectivity index (χ0) is 13.9. The van der Waals surface area contributed by atoms with Crippen molar-refractivity contribution in [3.05, 3.63) is 29.3 Å². The molecular weight excluding hydrogens is 251 g/mol. The second kappa shape index (κ2) is 4.24. The summed E-state index contributed by atoms with van der Waals surface area (Å²) in [6, 6.07) is 5.96. The molecule has 0 aromatic heterocycles. The van der Waals surface area contributed by atoms with E-state index in [9.17, 15) is 10.2 Å². The number of hydrogen-bond acceptors (Lipinski definition) is 2. The highest BCUT2D eigenvalue weighted by atomic mass is 16.3. The molecule has 1 aromatic carbocycles. The van der Waals surface area contributed by atoms with E-state index < -0.39 is 0 Å². The molecule has 0 spiro atoms. The summed E-state index contributed by atoms with van der Waals surface area (Å²) in [5, 5.41) is 20.0. The Morgan fingerprint density at radius 1 is 1.15 bits per heavy atom. The van der Waals surface area contributed by atoms with Gasteiger partial charge in [-0.2, -0.15) is 0 Å². The number of rotatable bonds is 0. The van der Waals surface area contributed by atoms with E-state index in [-0.39, 0.29) is 11.5 Å². The van der Waals surface area contributed by atoms with Gasteiger partial charge in [0.2, 0.25) is 0 Å². The van der Waals surface area contributed by atoms with Gasteiger partial charge in [-0.05, 0) is 85.0 Å². The molecule has 0 aliphatic heterocycles. The van der Waals surface area contributed by atoms with Gasteiger partial charge in [0, 0.05) is 0 Å². The van der Waals surface area contributed by atoms with E-state index in [1.54, 1.807) is 0 Å². The van der Waals surface area contributed by atoms with E-state index >= 15 is 0 Å². The van der Waals surface area contributed by atoms with Crippen LogP contribution in [0.1, 0.15) is 56.1 Å². The molecule has 2 saturated carbocycles. The van der Waals surface area contributed by atoms with E-state index in [1.165, 1.54) is 30.4 Å². The summed E-state index contributed by atoms with van der Waals surface area (Å²) >= 11 is 0. The first kappa shape index (κ1) is 12.7. The van der Waals surface area contributed by atoms with Crippen LogP contribution in [0, 0.1) is 17.3 Å². The monoisotopic (exact) mass is 275 g/mol. The summed E-state index contributed by atoms with van der Waals surface area (Å²) in [4.78, 5) is 0. The Morgan fingerprint density at radius 3 is 2.85 bits per heavy atom. The third kappa shape index (κ3) is 1.60. The molecule has 2 fully saturated rings. The van der Waals surface area contributed by atoms with Crippen molar-refractivity contribution in [1.82, 2.24) is 0 Å². The molecule has 3 aliphatic rings. The summed E-state index contributed by atoms with van der Waals surface area (Å²) in [6.07, 6.45) is 6.78. The smallest absolute Gasteiger partial charge is 0.115 e. The lowest BCUT2D eigenvalue weighted by molar-refractivity contribution is -0.0226. The van der Waals surface area contributed by atoms with Crippen LogP contribution >= 0.6 is 0 Å². The first-order valence-electron chi connectivity index (χ1n) is 8.09. The Balaban J connectivity index is 1.71. The molecule has 20 heavy (non-hydrogen) atoms. The number of benzene rings is 1. The third-order valence-corrected chi connectivity index (χ3v) is 6.66. The number of aliphatic hydroxyl groups excluding tert-OH is 1. The predicted molar refractivity (Wildman–Crippen MR) is 78.7 cm³/mol. The molecule has 0 unspecified atom stereocenters. The van der Waals surface area contributed by atoms with E-state index in [4.69, 9.17) is 0 Å². The Kier molecular flexibility index (Phi) is 2.69. The van der Waals surface area contributed by atoms with Crippen LogP contribution < -0.4 is 0 Å². The molecule has 4 rings (SSSR count). The normalized spacial score (nSPS) is 42.7. The minimum absolute atomic E-state index is 0.0883. The SMILES string of the molecule is C[C@]12CC[C@@H]3c4[13cH][13cH][13c](O)cc4CC[C@H]3[C@@H]1CC[C@@H]2O.